The van der Waals surface area contributed by atoms with Crippen LogP contribution in [0.1, 0.15) is 19.4 Å². The van der Waals surface area contributed by atoms with Crippen LogP contribution in [-0.4, -0.2) is 30.9 Å². The number of nitrogens with zero attached hydrogens (tertiary/aromatic N) is 1. The molecule has 0 fully saturated rings. The minimum Gasteiger partial charge on any atom is -0.388 e. The summed E-state index contributed by atoms with van der Waals surface area (Å²) in [6, 6.07) is 8.25. The molecule has 0 heterocycles. The van der Waals surface area contributed by atoms with E-state index in [9.17, 15) is 0 Å². The Hall–Kier alpha value is -1.51. The molecule has 2 N–H and O–H groups in total. The first-order valence-electron chi connectivity index (χ1n) is 5.16. The average Bonchev–Trinajstić information content (AvgIpc) is 2.27. The van der Waals surface area contributed by atoms with Gasteiger partial charge in [0.25, 0.3) is 0 Å². The van der Waals surface area contributed by atoms with Gasteiger partial charge in [-0.1, -0.05) is 12.1 Å². The van der Waals surface area contributed by atoms with Crippen molar-refractivity contribution >= 4 is 11.5 Å². The summed E-state index contributed by atoms with van der Waals surface area (Å²) in [5.74, 6) is 0.558. The van der Waals surface area contributed by atoms with E-state index in [0.29, 0.717) is 11.9 Å². The molecule has 1 rings (SSSR count). The van der Waals surface area contributed by atoms with Crippen molar-refractivity contribution in [2.24, 2.45) is 0 Å². The van der Waals surface area contributed by atoms with Gasteiger partial charge in [0.15, 0.2) is 0 Å². The number of amidine groups is 1. The fourth-order valence-electron chi connectivity index (χ4n) is 1.28. The van der Waals surface area contributed by atoms with Gasteiger partial charge < -0.3 is 10.2 Å². The first kappa shape index (κ1) is 11.6. The molecule has 1 aromatic rings. The molecule has 0 aromatic heterocycles. The van der Waals surface area contributed by atoms with E-state index in [1.54, 1.807) is 0 Å². The van der Waals surface area contributed by atoms with E-state index in [1.807, 2.05) is 43.3 Å². The van der Waals surface area contributed by atoms with E-state index in [0.717, 1.165) is 11.3 Å². The zero-order valence-electron chi connectivity index (χ0n) is 9.83. The molecule has 0 atom stereocenters. The molecule has 0 aliphatic rings. The fourth-order valence-corrected chi connectivity index (χ4v) is 1.28. The summed E-state index contributed by atoms with van der Waals surface area (Å²) in [6.07, 6.45) is 0. The average molecular weight is 205 g/mol. The van der Waals surface area contributed by atoms with Gasteiger partial charge in [-0.2, -0.15) is 0 Å². The SMILES string of the molecule is CNc1cccc(C(=N)N(C)C(C)C)c1. The summed E-state index contributed by atoms with van der Waals surface area (Å²) >= 11 is 0. The fraction of sp³-hybridized carbons (Fsp3) is 0.417. The second-order valence-electron chi connectivity index (χ2n) is 3.88. The third-order valence-corrected chi connectivity index (χ3v) is 2.55. The van der Waals surface area contributed by atoms with Gasteiger partial charge in [0.05, 0.1) is 0 Å². The molecule has 3 heteroatoms. The zero-order chi connectivity index (χ0) is 11.4. The lowest BCUT2D eigenvalue weighted by Gasteiger charge is -2.24. The Morgan fingerprint density at radius 2 is 2.07 bits per heavy atom. The lowest BCUT2D eigenvalue weighted by Crippen LogP contribution is -2.32. The van der Waals surface area contributed by atoms with Crippen molar-refractivity contribution in [1.82, 2.24) is 4.90 Å². The lowest BCUT2D eigenvalue weighted by atomic mass is 10.1. The van der Waals surface area contributed by atoms with Crippen molar-refractivity contribution < 1.29 is 0 Å². The van der Waals surface area contributed by atoms with Crippen molar-refractivity contribution in [2.75, 3.05) is 19.4 Å². The summed E-state index contributed by atoms with van der Waals surface area (Å²) in [4.78, 5) is 1.95. The topological polar surface area (TPSA) is 39.1 Å². The molecule has 0 radical (unpaired) electrons. The van der Waals surface area contributed by atoms with Crippen molar-refractivity contribution in [3.63, 3.8) is 0 Å². The van der Waals surface area contributed by atoms with E-state index in [4.69, 9.17) is 5.41 Å². The third-order valence-electron chi connectivity index (χ3n) is 2.55. The molecule has 0 bridgehead atoms. The first-order valence-corrected chi connectivity index (χ1v) is 5.16. The van der Waals surface area contributed by atoms with Crippen LogP contribution >= 0.6 is 0 Å². The smallest absolute Gasteiger partial charge is 0.128 e. The molecule has 0 unspecified atom stereocenters. The molecule has 1 aromatic carbocycles. The van der Waals surface area contributed by atoms with E-state index in [2.05, 4.69) is 19.2 Å². The van der Waals surface area contributed by atoms with Gasteiger partial charge in [0.1, 0.15) is 5.84 Å². The number of benzene rings is 1. The van der Waals surface area contributed by atoms with Crippen LogP contribution in [0, 0.1) is 5.41 Å². The van der Waals surface area contributed by atoms with Crippen LogP contribution in [-0.2, 0) is 0 Å². The number of anilines is 1. The van der Waals surface area contributed by atoms with Crippen molar-refractivity contribution in [2.45, 2.75) is 19.9 Å². The van der Waals surface area contributed by atoms with Crippen LogP contribution in [0.3, 0.4) is 0 Å². The minimum atomic E-state index is 0.343. The van der Waals surface area contributed by atoms with Crippen LogP contribution in [0.4, 0.5) is 5.69 Å². The van der Waals surface area contributed by atoms with E-state index in [-0.39, 0.29) is 0 Å². The molecule has 15 heavy (non-hydrogen) atoms. The molecule has 82 valence electrons. The number of hydrogen-bond acceptors (Lipinski definition) is 2. The molecule has 0 amide bonds. The molecule has 0 spiro atoms. The molecule has 0 aliphatic carbocycles. The van der Waals surface area contributed by atoms with Gasteiger partial charge in [-0.05, 0) is 26.0 Å². The van der Waals surface area contributed by atoms with Crippen LogP contribution in [0.5, 0.6) is 0 Å². The highest BCUT2D eigenvalue weighted by Crippen LogP contribution is 2.12. The number of nitrogens with one attached hydrogen (secondary N) is 2. The summed E-state index contributed by atoms with van der Waals surface area (Å²) in [5, 5.41) is 11.1. The third kappa shape index (κ3) is 2.72. The molecule has 0 saturated heterocycles. The highest BCUT2D eigenvalue weighted by Gasteiger charge is 2.10. The van der Waals surface area contributed by atoms with Gasteiger partial charge in [0, 0.05) is 31.4 Å². The quantitative estimate of drug-likeness (QED) is 0.587. The molecule has 0 aliphatic heterocycles. The van der Waals surface area contributed by atoms with Gasteiger partial charge in [-0.3, -0.25) is 5.41 Å². The maximum absolute atomic E-state index is 8.04. The maximum Gasteiger partial charge on any atom is 0.128 e. The van der Waals surface area contributed by atoms with E-state index in [1.165, 1.54) is 0 Å². The molecule has 0 saturated carbocycles. The Bertz CT molecular complexity index is 344. The van der Waals surface area contributed by atoms with Crippen molar-refractivity contribution in [1.29, 1.82) is 5.41 Å². The Morgan fingerprint density at radius 1 is 1.40 bits per heavy atom. The number of rotatable bonds is 3. The van der Waals surface area contributed by atoms with Crippen LogP contribution in [0.15, 0.2) is 24.3 Å². The second kappa shape index (κ2) is 4.82. The molecule has 3 nitrogen and oxygen atoms in total. The van der Waals surface area contributed by atoms with Gasteiger partial charge >= 0.3 is 0 Å². The van der Waals surface area contributed by atoms with Crippen molar-refractivity contribution in [3.8, 4) is 0 Å². The molecular weight excluding hydrogens is 186 g/mol. The highest BCUT2D eigenvalue weighted by atomic mass is 15.2. The monoisotopic (exact) mass is 205 g/mol. The maximum atomic E-state index is 8.04. The van der Waals surface area contributed by atoms with Crippen LogP contribution in [0.25, 0.3) is 0 Å². The number of hydrogen-bond donors (Lipinski definition) is 2. The highest BCUT2D eigenvalue weighted by molar-refractivity contribution is 5.97. The van der Waals surface area contributed by atoms with E-state index < -0.39 is 0 Å². The predicted octanol–water partition coefficient (Wildman–Crippen LogP) is 2.39. The summed E-state index contributed by atoms with van der Waals surface area (Å²) in [6.45, 7) is 4.16. The van der Waals surface area contributed by atoms with E-state index >= 15 is 0 Å². The van der Waals surface area contributed by atoms with Crippen LogP contribution < -0.4 is 5.32 Å². The Morgan fingerprint density at radius 3 is 2.60 bits per heavy atom. The first-order chi connectivity index (χ1) is 7.06. The second-order valence-corrected chi connectivity index (χ2v) is 3.88. The summed E-state index contributed by atoms with van der Waals surface area (Å²) in [5.41, 5.74) is 1.98. The van der Waals surface area contributed by atoms with Gasteiger partial charge in [-0.25, -0.2) is 0 Å². The summed E-state index contributed by atoms with van der Waals surface area (Å²) in [7, 11) is 3.83. The predicted molar refractivity (Wildman–Crippen MR) is 65.7 cm³/mol. The normalized spacial score (nSPS) is 10.2. The van der Waals surface area contributed by atoms with Crippen LogP contribution in [0.2, 0.25) is 0 Å². The summed E-state index contributed by atoms with van der Waals surface area (Å²) < 4.78 is 0. The Kier molecular flexibility index (Phi) is 3.72. The van der Waals surface area contributed by atoms with Gasteiger partial charge in [0.2, 0.25) is 0 Å². The lowest BCUT2D eigenvalue weighted by molar-refractivity contribution is 0.416. The Balaban J connectivity index is 2.91. The van der Waals surface area contributed by atoms with Crippen molar-refractivity contribution in [3.05, 3.63) is 29.8 Å². The Labute approximate surface area is 91.6 Å². The largest absolute Gasteiger partial charge is 0.388 e. The zero-order valence-corrected chi connectivity index (χ0v) is 9.83. The molecular formula is C12H19N3. The minimum absolute atomic E-state index is 0.343. The standard InChI is InChI=1S/C12H19N3/c1-9(2)15(4)12(13)10-6-5-7-11(8-10)14-3/h5-9,13-14H,1-4H3. The van der Waals surface area contributed by atoms with Gasteiger partial charge in [-0.15, -0.1) is 0 Å².